The van der Waals surface area contributed by atoms with E-state index in [0.29, 0.717) is 6.04 Å². The maximum atomic E-state index is 4.83. The van der Waals surface area contributed by atoms with Crippen molar-refractivity contribution in [1.29, 1.82) is 0 Å². The predicted octanol–water partition coefficient (Wildman–Crippen LogP) is 3.83. The van der Waals surface area contributed by atoms with E-state index >= 15 is 0 Å². The fourth-order valence-corrected chi connectivity index (χ4v) is 3.26. The minimum atomic E-state index is 0.150. The van der Waals surface area contributed by atoms with Gasteiger partial charge in [-0.25, -0.2) is 4.98 Å². The molecule has 1 aromatic rings. The Hall–Kier alpha value is -0.610. The molecular weight excluding hydrogens is 254 g/mol. The summed E-state index contributed by atoms with van der Waals surface area (Å²) in [5.41, 5.74) is 1.40. The maximum Gasteiger partial charge on any atom is 0.186 e. The molecule has 0 bridgehead atoms. The monoisotopic (exact) mass is 283 g/mol. The zero-order valence-corrected chi connectivity index (χ0v) is 14.3. The van der Waals surface area contributed by atoms with E-state index in [-0.39, 0.29) is 5.54 Å². The normalized spacial score (nSPS) is 12.2. The molecular formula is C15H29N3S. The molecule has 0 aliphatic rings. The molecule has 110 valence electrons. The van der Waals surface area contributed by atoms with Crippen molar-refractivity contribution in [1.82, 2.24) is 10.3 Å². The quantitative estimate of drug-likeness (QED) is 0.860. The molecule has 1 rings (SSSR count). The lowest BCUT2D eigenvalue weighted by Gasteiger charge is -2.24. The number of anilines is 1. The molecule has 0 atom stereocenters. The topological polar surface area (TPSA) is 28.2 Å². The third-order valence-electron chi connectivity index (χ3n) is 3.09. The minimum Gasteiger partial charge on any atom is -0.346 e. The van der Waals surface area contributed by atoms with Gasteiger partial charge in [-0.3, -0.25) is 0 Å². The highest BCUT2D eigenvalue weighted by atomic mass is 32.1. The van der Waals surface area contributed by atoms with Crippen molar-refractivity contribution in [3.63, 3.8) is 0 Å². The Balaban J connectivity index is 2.90. The largest absolute Gasteiger partial charge is 0.346 e. The van der Waals surface area contributed by atoms with E-state index < -0.39 is 0 Å². The van der Waals surface area contributed by atoms with Crippen LogP contribution in [-0.4, -0.2) is 23.1 Å². The van der Waals surface area contributed by atoms with Crippen molar-refractivity contribution in [3.8, 4) is 0 Å². The van der Waals surface area contributed by atoms with Crippen LogP contribution in [0.4, 0.5) is 5.13 Å². The van der Waals surface area contributed by atoms with Gasteiger partial charge >= 0.3 is 0 Å². The molecule has 1 N–H and O–H groups in total. The predicted molar refractivity (Wildman–Crippen MR) is 86.2 cm³/mol. The van der Waals surface area contributed by atoms with Gasteiger partial charge in [0.15, 0.2) is 5.13 Å². The van der Waals surface area contributed by atoms with Crippen LogP contribution < -0.4 is 10.2 Å². The summed E-state index contributed by atoms with van der Waals surface area (Å²) in [5.74, 6) is 0. The Morgan fingerprint density at radius 3 is 2.32 bits per heavy atom. The molecule has 0 unspecified atom stereocenters. The number of aryl methyl sites for hydroxylation is 1. The number of thiazole rings is 1. The molecule has 0 amide bonds. The third-order valence-corrected chi connectivity index (χ3v) is 4.23. The number of nitrogens with zero attached hydrogens (tertiary/aromatic N) is 2. The van der Waals surface area contributed by atoms with Gasteiger partial charge in [0.2, 0.25) is 0 Å². The lowest BCUT2D eigenvalue weighted by Crippen LogP contribution is -2.35. The summed E-state index contributed by atoms with van der Waals surface area (Å²) in [6.45, 7) is 17.4. The summed E-state index contributed by atoms with van der Waals surface area (Å²) >= 11 is 1.84. The molecule has 0 spiro atoms. The molecule has 0 fully saturated rings. The minimum absolute atomic E-state index is 0.150. The van der Waals surface area contributed by atoms with Crippen LogP contribution in [0.5, 0.6) is 0 Å². The van der Waals surface area contributed by atoms with Crippen LogP contribution >= 0.6 is 11.3 Å². The van der Waals surface area contributed by atoms with E-state index in [1.165, 1.54) is 15.7 Å². The Labute approximate surface area is 122 Å². The summed E-state index contributed by atoms with van der Waals surface area (Å²) in [6.07, 6.45) is 1.01. The molecule has 19 heavy (non-hydrogen) atoms. The first-order chi connectivity index (χ1) is 8.78. The zero-order valence-electron chi connectivity index (χ0n) is 13.5. The van der Waals surface area contributed by atoms with Gasteiger partial charge < -0.3 is 10.2 Å². The van der Waals surface area contributed by atoms with Gasteiger partial charge in [-0.1, -0.05) is 6.92 Å². The molecule has 1 heterocycles. The van der Waals surface area contributed by atoms with Crippen molar-refractivity contribution < 1.29 is 0 Å². The summed E-state index contributed by atoms with van der Waals surface area (Å²) in [5, 5.41) is 4.73. The van der Waals surface area contributed by atoms with E-state index in [1.54, 1.807) is 0 Å². The number of rotatable bonds is 6. The first-order valence-electron chi connectivity index (χ1n) is 7.28. The highest BCUT2D eigenvalue weighted by Gasteiger charge is 2.18. The van der Waals surface area contributed by atoms with Gasteiger partial charge in [-0.05, 0) is 48.0 Å². The maximum absolute atomic E-state index is 4.83. The molecule has 3 nitrogen and oxygen atoms in total. The summed E-state index contributed by atoms with van der Waals surface area (Å²) in [7, 11) is 0. The number of hydrogen-bond acceptors (Lipinski definition) is 4. The summed E-state index contributed by atoms with van der Waals surface area (Å²) in [4.78, 5) is 8.57. The third kappa shape index (κ3) is 4.77. The lowest BCUT2D eigenvalue weighted by molar-refractivity contribution is 0.425. The molecule has 0 aliphatic heterocycles. The van der Waals surface area contributed by atoms with Crippen LogP contribution in [0.2, 0.25) is 0 Å². The van der Waals surface area contributed by atoms with Gasteiger partial charge in [0.1, 0.15) is 0 Å². The van der Waals surface area contributed by atoms with Crippen LogP contribution in [-0.2, 0) is 13.0 Å². The Morgan fingerprint density at radius 1 is 1.26 bits per heavy atom. The van der Waals surface area contributed by atoms with E-state index in [1.807, 2.05) is 11.3 Å². The van der Waals surface area contributed by atoms with Crippen molar-refractivity contribution in [3.05, 3.63) is 10.6 Å². The highest BCUT2D eigenvalue weighted by molar-refractivity contribution is 7.15. The Bertz CT molecular complexity index is 391. The second kappa shape index (κ2) is 6.71. The van der Waals surface area contributed by atoms with Gasteiger partial charge in [0.25, 0.3) is 0 Å². The number of aromatic nitrogens is 1. The second-order valence-corrected chi connectivity index (χ2v) is 7.27. The van der Waals surface area contributed by atoms with Crippen molar-refractivity contribution >= 4 is 16.5 Å². The summed E-state index contributed by atoms with van der Waals surface area (Å²) in [6, 6.07) is 0.504. The Kier molecular flexibility index (Phi) is 5.81. The van der Waals surface area contributed by atoms with E-state index in [9.17, 15) is 0 Å². The Morgan fingerprint density at radius 2 is 1.89 bits per heavy atom. The summed E-state index contributed by atoms with van der Waals surface area (Å²) < 4.78 is 0. The standard InChI is InChI=1S/C15H29N3S/c1-8-12-13(10-16-15(5,6)7)19-14(17-12)18(9-2)11(3)4/h11,16H,8-10H2,1-7H3. The number of nitrogens with one attached hydrogen (secondary N) is 1. The first kappa shape index (κ1) is 16.4. The smallest absolute Gasteiger partial charge is 0.186 e. The second-order valence-electron chi connectivity index (χ2n) is 6.20. The van der Waals surface area contributed by atoms with E-state index in [2.05, 4.69) is 58.7 Å². The van der Waals surface area contributed by atoms with Crippen molar-refractivity contribution in [2.45, 2.75) is 73.0 Å². The first-order valence-corrected chi connectivity index (χ1v) is 8.10. The molecule has 0 saturated heterocycles. The van der Waals surface area contributed by atoms with Crippen molar-refractivity contribution in [2.75, 3.05) is 11.4 Å². The van der Waals surface area contributed by atoms with Crippen LogP contribution in [0.3, 0.4) is 0 Å². The fraction of sp³-hybridized carbons (Fsp3) is 0.800. The van der Waals surface area contributed by atoms with Crippen LogP contribution in [0.15, 0.2) is 0 Å². The lowest BCUT2D eigenvalue weighted by atomic mass is 10.1. The zero-order chi connectivity index (χ0) is 14.6. The molecule has 4 heteroatoms. The SMILES string of the molecule is CCc1nc(N(CC)C(C)C)sc1CNC(C)(C)C. The van der Waals surface area contributed by atoms with Gasteiger partial charge in [0, 0.05) is 29.5 Å². The molecule has 1 aromatic heterocycles. The van der Waals surface area contributed by atoms with Gasteiger partial charge in [-0.15, -0.1) is 11.3 Å². The fourth-order valence-electron chi connectivity index (χ4n) is 1.97. The van der Waals surface area contributed by atoms with E-state index in [4.69, 9.17) is 4.98 Å². The van der Waals surface area contributed by atoms with Crippen molar-refractivity contribution in [2.24, 2.45) is 0 Å². The number of hydrogen-bond donors (Lipinski definition) is 1. The van der Waals surface area contributed by atoms with Crippen LogP contribution in [0.1, 0.15) is 59.0 Å². The van der Waals surface area contributed by atoms with Gasteiger partial charge in [-0.2, -0.15) is 0 Å². The van der Waals surface area contributed by atoms with Crippen LogP contribution in [0.25, 0.3) is 0 Å². The van der Waals surface area contributed by atoms with Gasteiger partial charge in [0.05, 0.1) is 5.69 Å². The van der Waals surface area contributed by atoms with Crippen LogP contribution in [0, 0.1) is 0 Å². The average molecular weight is 283 g/mol. The molecule has 0 saturated carbocycles. The highest BCUT2D eigenvalue weighted by Crippen LogP contribution is 2.28. The molecule has 0 aromatic carbocycles. The average Bonchev–Trinajstić information content (AvgIpc) is 2.69. The van der Waals surface area contributed by atoms with E-state index in [0.717, 1.165) is 19.5 Å². The molecule has 0 aliphatic carbocycles. The molecule has 0 radical (unpaired) electrons.